The zero-order valence-electron chi connectivity index (χ0n) is 8.53. The first kappa shape index (κ1) is 11.3. The quantitative estimate of drug-likeness (QED) is 0.909. The van der Waals surface area contributed by atoms with Gasteiger partial charge in [-0.2, -0.15) is 5.10 Å². The van der Waals surface area contributed by atoms with Crippen LogP contribution in [0.25, 0.3) is 0 Å². The molecule has 5 heteroatoms. The highest BCUT2D eigenvalue weighted by Crippen LogP contribution is 2.22. The molecule has 0 saturated carbocycles. The van der Waals surface area contributed by atoms with Crippen LogP contribution in [0.2, 0.25) is 10.0 Å². The first-order chi connectivity index (χ1) is 7.74. The zero-order chi connectivity index (χ0) is 11.4. The molecule has 0 atom stereocenters. The molecule has 0 fully saturated rings. The summed E-state index contributed by atoms with van der Waals surface area (Å²) >= 11 is 11.8. The SMILES string of the molecule is Clc1cc(Cl)cc(NCCn2cccn2)c1. The Morgan fingerprint density at radius 2 is 1.94 bits per heavy atom. The smallest absolute Gasteiger partial charge is 0.0582 e. The maximum atomic E-state index is 5.89. The molecule has 0 bridgehead atoms. The topological polar surface area (TPSA) is 29.9 Å². The zero-order valence-corrected chi connectivity index (χ0v) is 10.0. The first-order valence-electron chi connectivity index (χ1n) is 4.91. The van der Waals surface area contributed by atoms with Crippen LogP contribution in [0.5, 0.6) is 0 Å². The van der Waals surface area contributed by atoms with Crippen LogP contribution in [-0.4, -0.2) is 16.3 Å². The second kappa shape index (κ2) is 5.23. The summed E-state index contributed by atoms with van der Waals surface area (Å²) < 4.78 is 1.86. The summed E-state index contributed by atoms with van der Waals surface area (Å²) in [6, 6.07) is 7.30. The minimum absolute atomic E-state index is 0.633. The van der Waals surface area contributed by atoms with E-state index in [-0.39, 0.29) is 0 Å². The molecule has 0 aliphatic carbocycles. The Morgan fingerprint density at radius 1 is 1.19 bits per heavy atom. The van der Waals surface area contributed by atoms with Crippen molar-refractivity contribution in [3.63, 3.8) is 0 Å². The van der Waals surface area contributed by atoms with Gasteiger partial charge in [-0.15, -0.1) is 0 Å². The van der Waals surface area contributed by atoms with Crippen molar-refractivity contribution in [3.8, 4) is 0 Å². The highest BCUT2D eigenvalue weighted by atomic mass is 35.5. The molecule has 84 valence electrons. The highest BCUT2D eigenvalue weighted by Gasteiger charge is 1.97. The Bertz CT molecular complexity index is 434. The van der Waals surface area contributed by atoms with Crippen molar-refractivity contribution in [1.29, 1.82) is 0 Å². The van der Waals surface area contributed by atoms with Gasteiger partial charge in [-0.1, -0.05) is 23.2 Å². The summed E-state index contributed by atoms with van der Waals surface area (Å²) in [6.07, 6.45) is 3.68. The number of rotatable bonds is 4. The van der Waals surface area contributed by atoms with Crippen molar-refractivity contribution in [2.24, 2.45) is 0 Å². The van der Waals surface area contributed by atoms with E-state index in [2.05, 4.69) is 10.4 Å². The second-order valence-corrected chi connectivity index (χ2v) is 4.23. The Labute approximate surface area is 104 Å². The van der Waals surface area contributed by atoms with Gasteiger partial charge in [0.15, 0.2) is 0 Å². The lowest BCUT2D eigenvalue weighted by atomic mass is 10.3. The summed E-state index contributed by atoms with van der Waals surface area (Å²) in [5.74, 6) is 0. The summed E-state index contributed by atoms with van der Waals surface area (Å²) in [7, 11) is 0. The Morgan fingerprint density at radius 3 is 2.56 bits per heavy atom. The lowest BCUT2D eigenvalue weighted by molar-refractivity contribution is 0.638. The fourth-order valence-corrected chi connectivity index (χ4v) is 1.93. The minimum atomic E-state index is 0.633. The van der Waals surface area contributed by atoms with Gasteiger partial charge in [0.2, 0.25) is 0 Å². The lowest BCUT2D eigenvalue weighted by Gasteiger charge is -2.07. The van der Waals surface area contributed by atoms with Crippen molar-refractivity contribution in [3.05, 3.63) is 46.7 Å². The van der Waals surface area contributed by atoms with Crippen molar-refractivity contribution in [2.45, 2.75) is 6.54 Å². The van der Waals surface area contributed by atoms with E-state index >= 15 is 0 Å². The van der Waals surface area contributed by atoms with Gasteiger partial charge in [0.1, 0.15) is 0 Å². The first-order valence-corrected chi connectivity index (χ1v) is 5.67. The Hall–Kier alpha value is -1.19. The van der Waals surface area contributed by atoms with Crippen molar-refractivity contribution in [1.82, 2.24) is 9.78 Å². The van der Waals surface area contributed by atoms with Crippen molar-refractivity contribution in [2.75, 3.05) is 11.9 Å². The van der Waals surface area contributed by atoms with E-state index in [1.807, 2.05) is 29.1 Å². The van der Waals surface area contributed by atoms with Gasteiger partial charge in [-0.25, -0.2) is 0 Å². The molecule has 1 aromatic carbocycles. The number of aromatic nitrogens is 2. The van der Waals surface area contributed by atoms with Crippen LogP contribution in [0.15, 0.2) is 36.7 Å². The number of hydrogen-bond acceptors (Lipinski definition) is 2. The van der Waals surface area contributed by atoms with Crippen LogP contribution in [-0.2, 0) is 6.54 Å². The molecule has 1 heterocycles. The molecule has 2 aromatic rings. The standard InChI is InChI=1S/C11H11Cl2N3/c12-9-6-10(13)8-11(7-9)14-3-5-16-4-1-2-15-16/h1-2,4,6-8,14H,3,5H2. The van der Waals surface area contributed by atoms with E-state index in [4.69, 9.17) is 23.2 Å². The van der Waals surface area contributed by atoms with Gasteiger partial charge in [-0.05, 0) is 24.3 Å². The van der Waals surface area contributed by atoms with Crippen LogP contribution < -0.4 is 5.32 Å². The van der Waals surface area contributed by atoms with E-state index in [0.29, 0.717) is 10.0 Å². The summed E-state index contributed by atoms with van der Waals surface area (Å²) in [5.41, 5.74) is 0.921. The average molecular weight is 256 g/mol. The number of anilines is 1. The molecule has 16 heavy (non-hydrogen) atoms. The molecule has 0 aliphatic rings. The molecule has 2 rings (SSSR count). The number of nitrogens with one attached hydrogen (secondary N) is 1. The summed E-state index contributed by atoms with van der Waals surface area (Å²) in [5, 5.41) is 8.61. The number of hydrogen-bond donors (Lipinski definition) is 1. The number of nitrogens with zero attached hydrogens (tertiary/aromatic N) is 2. The van der Waals surface area contributed by atoms with Gasteiger partial charge >= 0.3 is 0 Å². The molecule has 0 saturated heterocycles. The predicted octanol–water partition coefficient (Wildman–Crippen LogP) is 3.30. The highest BCUT2D eigenvalue weighted by molar-refractivity contribution is 6.35. The Kier molecular flexibility index (Phi) is 3.70. The van der Waals surface area contributed by atoms with Gasteiger partial charge in [-0.3, -0.25) is 4.68 Å². The summed E-state index contributed by atoms with van der Waals surface area (Å²) in [6.45, 7) is 1.58. The fourth-order valence-electron chi connectivity index (χ4n) is 1.40. The molecule has 1 aromatic heterocycles. The molecule has 0 unspecified atom stereocenters. The molecular weight excluding hydrogens is 245 g/mol. The number of benzene rings is 1. The molecule has 0 spiro atoms. The minimum Gasteiger partial charge on any atom is -0.383 e. The third kappa shape index (κ3) is 3.15. The molecule has 1 N–H and O–H groups in total. The van der Waals surface area contributed by atoms with E-state index < -0.39 is 0 Å². The normalized spacial score (nSPS) is 10.4. The molecule has 0 amide bonds. The lowest BCUT2D eigenvalue weighted by Crippen LogP contribution is -2.10. The van der Waals surface area contributed by atoms with Crippen LogP contribution >= 0.6 is 23.2 Å². The van der Waals surface area contributed by atoms with Gasteiger partial charge in [0.25, 0.3) is 0 Å². The van der Waals surface area contributed by atoms with Gasteiger partial charge in [0, 0.05) is 34.7 Å². The maximum Gasteiger partial charge on any atom is 0.0582 e. The molecule has 0 radical (unpaired) electrons. The van der Waals surface area contributed by atoms with E-state index in [0.717, 1.165) is 18.8 Å². The van der Waals surface area contributed by atoms with E-state index in [1.54, 1.807) is 12.3 Å². The average Bonchev–Trinajstić information content (AvgIpc) is 2.69. The van der Waals surface area contributed by atoms with Crippen LogP contribution in [0, 0.1) is 0 Å². The van der Waals surface area contributed by atoms with E-state index in [1.165, 1.54) is 0 Å². The van der Waals surface area contributed by atoms with Gasteiger partial charge in [0.05, 0.1) is 6.54 Å². The van der Waals surface area contributed by atoms with Crippen LogP contribution in [0.4, 0.5) is 5.69 Å². The van der Waals surface area contributed by atoms with Gasteiger partial charge < -0.3 is 5.32 Å². The molecular formula is C11H11Cl2N3. The Balaban J connectivity index is 1.89. The van der Waals surface area contributed by atoms with Crippen LogP contribution in [0.1, 0.15) is 0 Å². The maximum absolute atomic E-state index is 5.89. The predicted molar refractivity (Wildman–Crippen MR) is 67.2 cm³/mol. The number of halogens is 2. The van der Waals surface area contributed by atoms with Crippen LogP contribution in [0.3, 0.4) is 0 Å². The largest absolute Gasteiger partial charge is 0.383 e. The van der Waals surface area contributed by atoms with E-state index in [9.17, 15) is 0 Å². The second-order valence-electron chi connectivity index (χ2n) is 3.35. The molecule has 3 nitrogen and oxygen atoms in total. The van der Waals surface area contributed by atoms with Crippen molar-refractivity contribution >= 4 is 28.9 Å². The fraction of sp³-hybridized carbons (Fsp3) is 0.182. The van der Waals surface area contributed by atoms with Crippen molar-refractivity contribution < 1.29 is 0 Å². The third-order valence-corrected chi connectivity index (χ3v) is 2.53. The monoisotopic (exact) mass is 255 g/mol. The molecule has 0 aliphatic heterocycles. The third-order valence-electron chi connectivity index (χ3n) is 2.09. The summed E-state index contributed by atoms with van der Waals surface area (Å²) in [4.78, 5) is 0.